The van der Waals surface area contributed by atoms with Crippen molar-refractivity contribution in [2.45, 2.75) is 33.3 Å². The molecule has 5 heteroatoms. The third-order valence-electron chi connectivity index (χ3n) is 3.61. The van der Waals surface area contributed by atoms with Gasteiger partial charge in [-0.2, -0.15) is 0 Å². The molecular formula is C15H23N3O2. The van der Waals surface area contributed by atoms with Gasteiger partial charge in [-0.05, 0) is 31.4 Å². The van der Waals surface area contributed by atoms with Crippen LogP contribution < -0.4 is 10.6 Å². The van der Waals surface area contributed by atoms with Crippen molar-refractivity contribution in [3.63, 3.8) is 0 Å². The number of pyridine rings is 1. The molecule has 1 aliphatic rings. The SMILES string of the molecule is Cc1ccc(NC(=O)NC[C@@H]2CCO[C@H]2C(C)C)cn1. The summed E-state index contributed by atoms with van der Waals surface area (Å²) in [5, 5.41) is 5.70. The van der Waals surface area contributed by atoms with Gasteiger partial charge >= 0.3 is 6.03 Å². The van der Waals surface area contributed by atoms with Crippen molar-refractivity contribution < 1.29 is 9.53 Å². The Balaban J connectivity index is 1.79. The van der Waals surface area contributed by atoms with E-state index in [1.54, 1.807) is 6.20 Å². The fraction of sp³-hybridized carbons (Fsp3) is 0.600. The maximum absolute atomic E-state index is 11.8. The molecule has 2 rings (SSSR count). The van der Waals surface area contributed by atoms with E-state index in [2.05, 4.69) is 29.5 Å². The first-order valence-electron chi connectivity index (χ1n) is 7.15. The number of amides is 2. The summed E-state index contributed by atoms with van der Waals surface area (Å²) < 4.78 is 5.71. The summed E-state index contributed by atoms with van der Waals surface area (Å²) in [5.41, 5.74) is 1.63. The zero-order valence-corrected chi connectivity index (χ0v) is 12.3. The number of aromatic nitrogens is 1. The molecule has 0 saturated carbocycles. The molecule has 2 N–H and O–H groups in total. The fourth-order valence-corrected chi connectivity index (χ4v) is 2.55. The summed E-state index contributed by atoms with van der Waals surface area (Å²) in [6, 6.07) is 3.53. The number of carbonyl (C=O) groups excluding carboxylic acids is 1. The van der Waals surface area contributed by atoms with Crippen molar-refractivity contribution in [2.24, 2.45) is 11.8 Å². The number of nitrogens with zero attached hydrogens (tertiary/aromatic N) is 1. The molecule has 2 atom stereocenters. The van der Waals surface area contributed by atoms with Gasteiger partial charge in [-0.25, -0.2) is 4.79 Å². The minimum atomic E-state index is -0.190. The summed E-state index contributed by atoms with van der Waals surface area (Å²) in [7, 11) is 0. The lowest BCUT2D eigenvalue weighted by atomic mass is 9.93. The molecule has 2 amide bonds. The highest BCUT2D eigenvalue weighted by atomic mass is 16.5. The van der Waals surface area contributed by atoms with Gasteiger partial charge in [0.05, 0.1) is 18.0 Å². The van der Waals surface area contributed by atoms with Crippen molar-refractivity contribution in [3.05, 3.63) is 24.0 Å². The minimum absolute atomic E-state index is 0.190. The van der Waals surface area contributed by atoms with Gasteiger partial charge in [0.25, 0.3) is 0 Å². The zero-order chi connectivity index (χ0) is 14.5. The van der Waals surface area contributed by atoms with Crippen LogP contribution in [0.5, 0.6) is 0 Å². The standard InChI is InChI=1S/C15H23N3O2/c1-10(2)14-12(6-7-20-14)8-17-15(19)18-13-5-4-11(3)16-9-13/h4-5,9-10,12,14H,6-8H2,1-3H3,(H2,17,18,19)/t12-,14-/m0/s1. The second-order valence-corrected chi connectivity index (χ2v) is 5.65. The molecule has 1 aromatic rings. The topological polar surface area (TPSA) is 63.2 Å². The Morgan fingerprint density at radius 3 is 2.95 bits per heavy atom. The van der Waals surface area contributed by atoms with E-state index in [1.165, 1.54) is 0 Å². The third kappa shape index (κ3) is 3.93. The molecule has 1 aliphatic heterocycles. The highest BCUT2D eigenvalue weighted by Gasteiger charge is 2.30. The number of hydrogen-bond donors (Lipinski definition) is 2. The van der Waals surface area contributed by atoms with Crippen LogP contribution in [-0.2, 0) is 4.74 Å². The van der Waals surface area contributed by atoms with Crippen LogP contribution in [0.1, 0.15) is 26.0 Å². The number of carbonyl (C=O) groups is 1. The molecule has 0 radical (unpaired) electrons. The van der Waals surface area contributed by atoms with Crippen LogP contribution in [0.4, 0.5) is 10.5 Å². The smallest absolute Gasteiger partial charge is 0.319 e. The molecule has 20 heavy (non-hydrogen) atoms. The maximum Gasteiger partial charge on any atom is 0.319 e. The first-order chi connectivity index (χ1) is 9.56. The molecular weight excluding hydrogens is 254 g/mol. The van der Waals surface area contributed by atoms with Crippen molar-refractivity contribution in [1.82, 2.24) is 10.3 Å². The van der Waals surface area contributed by atoms with Crippen LogP contribution in [0.3, 0.4) is 0 Å². The molecule has 110 valence electrons. The number of hydrogen-bond acceptors (Lipinski definition) is 3. The van der Waals surface area contributed by atoms with E-state index in [0.29, 0.717) is 24.1 Å². The Hall–Kier alpha value is -1.62. The van der Waals surface area contributed by atoms with Crippen molar-refractivity contribution >= 4 is 11.7 Å². The van der Waals surface area contributed by atoms with E-state index < -0.39 is 0 Å². The monoisotopic (exact) mass is 277 g/mol. The average Bonchev–Trinajstić information content (AvgIpc) is 2.88. The van der Waals surface area contributed by atoms with Crippen LogP contribution in [0, 0.1) is 18.8 Å². The highest BCUT2D eigenvalue weighted by molar-refractivity contribution is 5.88. The van der Waals surface area contributed by atoms with E-state index in [-0.39, 0.29) is 12.1 Å². The van der Waals surface area contributed by atoms with Crippen molar-refractivity contribution in [2.75, 3.05) is 18.5 Å². The molecule has 0 unspecified atom stereocenters. The van der Waals surface area contributed by atoms with Gasteiger partial charge in [0.15, 0.2) is 0 Å². The van der Waals surface area contributed by atoms with Gasteiger partial charge in [0.2, 0.25) is 0 Å². The quantitative estimate of drug-likeness (QED) is 0.889. The summed E-state index contributed by atoms with van der Waals surface area (Å²) >= 11 is 0. The van der Waals surface area contributed by atoms with Gasteiger partial charge in [0.1, 0.15) is 0 Å². The van der Waals surface area contributed by atoms with Gasteiger partial charge in [-0.15, -0.1) is 0 Å². The van der Waals surface area contributed by atoms with E-state index in [0.717, 1.165) is 18.7 Å². The van der Waals surface area contributed by atoms with Crippen molar-refractivity contribution in [1.29, 1.82) is 0 Å². The minimum Gasteiger partial charge on any atom is -0.378 e. The Kier molecular flexibility index (Phi) is 4.95. The number of anilines is 1. The van der Waals surface area contributed by atoms with Crippen LogP contribution in [0.25, 0.3) is 0 Å². The molecule has 2 heterocycles. The molecule has 1 fully saturated rings. The third-order valence-corrected chi connectivity index (χ3v) is 3.61. The fourth-order valence-electron chi connectivity index (χ4n) is 2.55. The van der Waals surface area contributed by atoms with E-state index in [4.69, 9.17) is 4.74 Å². The van der Waals surface area contributed by atoms with Gasteiger partial charge < -0.3 is 15.4 Å². The molecule has 0 bridgehead atoms. The molecule has 0 spiro atoms. The highest BCUT2D eigenvalue weighted by Crippen LogP contribution is 2.26. The number of nitrogens with one attached hydrogen (secondary N) is 2. The van der Waals surface area contributed by atoms with E-state index >= 15 is 0 Å². The first-order valence-corrected chi connectivity index (χ1v) is 7.15. The predicted molar refractivity (Wildman–Crippen MR) is 78.7 cm³/mol. The van der Waals surface area contributed by atoms with E-state index in [9.17, 15) is 4.79 Å². The average molecular weight is 277 g/mol. The van der Waals surface area contributed by atoms with Gasteiger partial charge in [0, 0.05) is 24.8 Å². The van der Waals surface area contributed by atoms with Crippen LogP contribution in [-0.4, -0.2) is 30.3 Å². The maximum atomic E-state index is 11.8. The molecule has 0 aromatic carbocycles. The first kappa shape index (κ1) is 14.8. The molecule has 1 saturated heterocycles. The summed E-state index contributed by atoms with van der Waals surface area (Å²) in [6.45, 7) is 7.66. The molecule has 1 aromatic heterocycles. The predicted octanol–water partition coefficient (Wildman–Crippen LogP) is 2.57. The Morgan fingerprint density at radius 2 is 2.30 bits per heavy atom. The van der Waals surface area contributed by atoms with Crippen LogP contribution in [0.2, 0.25) is 0 Å². The second-order valence-electron chi connectivity index (χ2n) is 5.65. The van der Waals surface area contributed by atoms with Crippen LogP contribution in [0.15, 0.2) is 18.3 Å². The lowest BCUT2D eigenvalue weighted by molar-refractivity contribution is 0.0546. The number of rotatable bonds is 4. The number of urea groups is 1. The van der Waals surface area contributed by atoms with Gasteiger partial charge in [-0.1, -0.05) is 13.8 Å². The van der Waals surface area contributed by atoms with E-state index in [1.807, 2.05) is 19.1 Å². The zero-order valence-electron chi connectivity index (χ0n) is 12.3. The number of ether oxygens (including phenoxy) is 1. The Bertz CT molecular complexity index is 445. The lowest BCUT2D eigenvalue weighted by Gasteiger charge is -2.22. The summed E-state index contributed by atoms with van der Waals surface area (Å²) in [6.07, 6.45) is 2.91. The van der Waals surface area contributed by atoms with Crippen LogP contribution >= 0.6 is 0 Å². The molecule has 5 nitrogen and oxygen atoms in total. The summed E-state index contributed by atoms with van der Waals surface area (Å²) in [5.74, 6) is 0.880. The lowest BCUT2D eigenvalue weighted by Crippen LogP contribution is -2.37. The number of aryl methyl sites for hydroxylation is 1. The Morgan fingerprint density at radius 1 is 1.50 bits per heavy atom. The Labute approximate surface area is 120 Å². The largest absolute Gasteiger partial charge is 0.378 e. The normalized spacial score (nSPS) is 22.0. The summed E-state index contributed by atoms with van der Waals surface area (Å²) in [4.78, 5) is 16.0. The van der Waals surface area contributed by atoms with Crippen molar-refractivity contribution in [3.8, 4) is 0 Å². The van der Waals surface area contributed by atoms with Gasteiger partial charge in [-0.3, -0.25) is 4.98 Å². The second kappa shape index (κ2) is 6.70. The molecule has 0 aliphatic carbocycles.